The van der Waals surface area contributed by atoms with Crippen LogP contribution in [-0.2, 0) is 0 Å². The van der Waals surface area contributed by atoms with Gasteiger partial charge in [-0.1, -0.05) is 18.2 Å². The van der Waals surface area contributed by atoms with Crippen molar-refractivity contribution in [1.82, 2.24) is 4.90 Å². The smallest absolute Gasteiger partial charge is 0.191 e. The number of aliphatic imine (C=N–C) groups is 1. The molecule has 0 aliphatic heterocycles. The molecule has 1 unspecified atom stereocenters. The number of hydrogen-bond acceptors (Lipinski definition) is 1. The molecule has 0 bridgehead atoms. The van der Waals surface area contributed by atoms with E-state index in [-0.39, 0.29) is 17.9 Å². The average molecular weight is 237 g/mol. The molecule has 1 aromatic carbocycles. The van der Waals surface area contributed by atoms with Crippen LogP contribution in [0.4, 0.5) is 4.39 Å². The van der Waals surface area contributed by atoms with Crippen LogP contribution in [0.25, 0.3) is 0 Å². The molecule has 0 heterocycles. The molecule has 0 aliphatic carbocycles. The Bertz CT molecular complexity index is 401. The second-order valence-electron chi connectivity index (χ2n) is 4.39. The van der Waals surface area contributed by atoms with Crippen molar-refractivity contribution >= 4 is 5.96 Å². The van der Waals surface area contributed by atoms with Crippen LogP contribution in [0.2, 0.25) is 0 Å². The third kappa shape index (κ3) is 3.44. The minimum atomic E-state index is -0.218. The standard InChI is InChI=1S/C13H20FN3/c1-9(2)16-13(15)17(4)10(3)11-7-5-6-8-12(11)14/h5-10H,1-4H3,(H2,15,16). The maximum atomic E-state index is 13.6. The van der Waals surface area contributed by atoms with Gasteiger partial charge in [0.2, 0.25) is 0 Å². The summed E-state index contributed by atoms with van der Waals surface area (Å²) in [4.78, 5) is 6.03. The summed E-state index contributed by atoms with van der Waals surface area (Å²) < 4.78 is 13.6. The first-order valence-electron chi connectivity index (χ1n) is 5.74. The van der Waals surface area contributed by atoms with Crippen molar-refractivity contribution < 1.29 is 4.39 Å². The van der Waals surface area contributed by atoms with Gasteiger partial charge in [0.05, 0.1) is 6.04 Å². The van der Waals surface area contributed by atoms with E-state index in [0.717, 1.165) is 0 Å². The van der Waals surface area contributed by atoms with Crippen molar-refractivity contribution in [1.29, 1.82) is 0 Å². The quantitative estimate of drug-likeness (QED) is 0.648. The van der Waals surface area contributed by atoms with E-state index >= 15 is 0 Å². The molecular formula is C13H20FN3. The van der Waals surface area contributed by atoms with Crippen LogP contribution in [0, 0.1) is 5.82 Å². The van der Waals surface area contributed by atoms with Crippen molar-refractivity contribution in [2.75, 3.05) is 7.05 Å². The van der Waals surface area contributed by atoms with Crippen molar-refractivity contribution in [2.24, 2.45) is 10.7 Å². The fourth-order valence-corrected chi connectivity index (χ4v) is 1.58. The maximum Gasteiger partial charge on any atom is 0.191 e. The number of benzene rings is 1. The molecule has 4 heteroatoms. The van der Waals surface area contributed by atoms with Crippen molar-refractivity contribution in [3.63, 3.8) is 0 Å². The molecule has 0 aromatic heterocycles. The van der Waals surface area contributed by atoms with Gasteiger partial charge in [-0.25, -0.2) is 4.39 Å². The van der Waals surface area contributed by atoms with Gasteiger partial charge in [-0.15, -0.1) is 0 Å². The van der Waals surface area contributed by atoms with Gasteiger partial charge in [0.25, 0.3) is 0 Å². The fourth-order valence-electron chi connectivity index (χ4n) is 1.58. The van der Waals surface area contributed by atoms with E-state index in [0.29, 0.717) is 11.5 Å². The molecule has 0 fully saturated rings. The lowest BCUT2D eigenvalue weighted by molar-refractivity contribution is 0.382. The van der Waals surface area contributed by atoms with E-state index < -0.39 is 0 Å². The molecule has 1 atom stereocenters. The van der Waals surface area contributed by atoms with Gasteiger partial charge in [-0.05, 0) is 26.8 Å². The Kier molecular flexibility index (Phi) is 4.49. The predicted octanol–water partition coefficient (Wildman–Crippen LogP) is 2.54. The van der Waals surface area contributed by atoms with Gasteiger partial charge in [0.15, 0.2) is 5.96 Å². The van der Waals surface area contributed by atoms with Crippen molar-refractivity contribution in [3.8, 4) is 0 Å². The minimum Gasteiger partial charge on any atom is -0.370 e. The Morgan fingerprint density at radius 1 is 1.29 bits per heavy atom. The van der Waals surface area contributed by atoms with Crippen LogP contribution >= 0.6 is 0 Å². The van der Waals surface area contributed by atoms with Crippen LogP contribution < -0.4 is 5.73 Å². The molecule has 0 saturated carbocycles. The lowest BCUT2D eigenvalue weighted by atomic mass is 10.1. The van der Waals surface area contributed by atoms with Crippen molar-refractivity contribution in [2.45, 2.75) is 32.9 Å². The van der Waals surface area contributed by atoms with E-state index in [4.69, 9.17) is 5.73 Å². The molecule has 1 aromatic rings. The highest BCUT2D eigenvalue weighted by molar-refractivity contribution is 5.78. The number of nitrogens with zero attached hydrogens (tertiary/aromatic N) is 2. The molecule has 17 heavy (non-hydrogen) atoms. The topological polar surface area (TPSA) is 41.6 Å². The van der Waals surface area contributed by atoms with E-state index in [2.05, 4.69) is 4.99 Å². The Balaban J connectivity index is 2.91. The first-order valence-corrected chi connectivity index (χ1v) is 5.74. The number of nitrogens with two attached hydrogens (primary N) is 1. The summed E-state index contributed by atoms with van der Waals surface area (Å²) in [5.74, 6) is 0.208. The van der Waals surface area contributed by atoms with E-state index in [9.17, 15) is 4.39 Å². The Hall–Kier alpha value is -1.58. The summed E-state index contributed by atoms with van der Waals surface area (Å²) in [6, 6.07) is 6.70. The van der Waals surface area contributed by atoms with Gasteiger partial charge in [0, 0.05) is 18.7 Å². The summed E-state index contributed by atoms with van der Waals surface area (Å²) in [6.45, 7) is 5.81. The molecule has 1 rings (SSSR count). The van der Waals surface area contributed by atoms with Gasteiger partial charge < -0.3 is 10.6 Å². The van der Waals surface area contributed by atoms with Gasteiger partial charge >= 0.3 is 0 Å². The lowest BCUT2D eigenvalue weighted by Gasteiger charge is -2.26. The Morgan fingerprint density at radius 3 is 2.41 bits per heavy atom. The summed E-state index contributed by atoms with van der Waals surface area (Å²) in [6.07, 6.45) is 0. The number of guanidine groups is 1. The lowest BCUT2D eigenvalue weighted by Crippen LogP contribution is -2.37. The van der Waals surface area contributed by atoms with E-state index in [1.807, 2.05) is 33.9 Å². The minimum absolute atomic E-state index is 0.130. The SMILES string of the molecule is CC(C)N=C(N)N(C)C(C)c1ccccc1F. The first-order chi connectivity index (χ1) is 7.93. The zero-order valence-electron chi connectivity index (χ0n) is 10.8. The van der Waals surface area contributed by atoms with Crippen LogP contribution in [0.15, 0.2) is 29.3 Å². The molecule has 0 aliphatic rings. The molecule has 3 nitrogen and oxygen atoms in total. The van der Waals surface area contributed by atoms with Crippen molar-refractivity contribution in [3.05, 3.63) is 35.6 Å². The summed E-state index contributed by atoms with van der Waals surface area (Å²) in [5.41, 5.74) is 6.48. The second kappa shape index (κ2) is 5.66. The molecular weight excluding hydrogens is 217 g/mol. The summed E-state index contributed by atoms with van der Waals surface area (Å²) in [7, 11) is 1.82. The molecule has 2 N–H and O–H groups in total. The molecule has 0 amide bonds. The van der Waals surface area contributed by atoms with Crippen LogP contribution in [0.5, 0.6) is 0 Å². The maximum absolute atomic E-state index is 13.6. The number of rotatable bonds is 3. The van der Waals surface area contributed by atoms with Gasteiger partial charge in [-0.2, -0.15) is 0 Å². The number of halogens is 1. The molecule has 94 valence electrons. The first kappa shape index (κ1) is 13.5. The highest BCUT2D eigenvalue weighted by Gasteiger charge is 2.16. The highest BCUT2D eigenvalue weighted by atomic mass is 19.1. The number of hydrogen-bond donors (Lipinski definition) is 1. The van der Waals surface area contributed by atoms with E-state index in [1.54, 1.807) is 17.0 Å². The third-order valence-electron chi connectivity index (χ3n) is 2.69. The van der Waals surface area contributed by atoms with Gasteiger partial charge in [-0.3, -0.25) is 4.99 Å². The van der Waals surface area contributed by atoms with Crippen LogP contribution in [-0.4, -0.2) is 23.9 Å². The fraction of sp³-hybridized carbons (Fsp3) is 0.462. The zero-order chi connectivity index (χ0) is 13.0. The second-order valence-corrected chi connectivity index (χ2v) is 4.39. The largest absolute Gasteiger partial charge is 0.370 e. The summed E-state index contributed by atoms with van der Waals surface area (Å²) >= 11 is 0. The highest BCUT2D eigenvalue weighted by Crippen LogP contribution is 2.21. The predicted molar refractivity (Wildman–Crippen MR) is 69.3 cm³/mol. The molecule has 0 radical (unpaired) electrons. The Morgan fingerprint density at radius 2 is 1.88 bits per heavy atom. The average Bonchev–Trinajstić information content (AvgIpc) is 2.27. The molecule has 0 saturated heterocycles. The third-order valence-corrected chi connectivity index (χ3v) is 2.69. The van der Waals surface area contributed by atoms with E-state index in [1.165, 1.54) is 6.07 Å². The molecule has 0 spiro atoms. The van der Waals surface area contributed by atoms with Crippen LogP contribution in [0.1, 0.15) is 32.4 Å². The van der Waals surface area contributed by atoms with Crippen LogP contribution in [0.3, 0.4) is 0 Å². The zero-order valence-corrected chi connectivity index (χ0v) is 10.8. The summed E-state index contributed by atoms with van der Waals surface area (Å²) in [5, 5.41) is 0. The Labute approximate surface area is 102 Å². The monoisotopic (exact) mass is 237 g/mol. The van der Waals surface area contributed by atoms with Gasteiger partial charge in [0.1, 0.15) is 5.82 Å². The normalized spacial score (nSPS) is 13.9.